The quantitative estimate of drug-likeness (QED) is 0.852. The first-order valence-corrected chi connectivity index (χ1v) is 8.45. The second kappa shape index (κ2) is 5.24. The first-order chi connectivity index (χ1) is 11.0. The Labute approximate surface area is 136 Å². The summed E-state index contributed by atoms with van der Waals surface area (Å²) >= 11 is 0. The second-order valence-corrected chi connectivity index (χ2v) is 7.81. The predicted octanol–water partition coefficient (Wildman–Crippen LogP) is 1.33. The van der Waals surface area contributed by atoms with Crippen LogP contribution in [-0.2, 0) is 0 Å². The molecule has 4 saturated carbocycles. The predicted molar refractivity (Wildman–Crippen MR) is 84.2 cm³/mol. The lowest BCUT2D eigenvalue weighted by Gasteiger charge is -2.60. The minimum Gasteiger partial charge on any atom is -0.390 e. The molecule has 0 saturated heterocycles. The number of hydrogen-bond acceptors (Lipinski definition) is 5. The molecule has 0 radical (unpaired) electrons. The molecule has 124 valence electrons. The molecule has 0 spiro atoms. The Kier molecular flexibility index (Phi) is 3.43. The van der Waals surface area contributed by atoms with Crippen molar-refractivity contribution in [3.05, 3.63) is 24.3 Å². The highest BCUT2D eigenvalue weighted by Crippen LogP contribution is 2.57. The molecule has 4 aliphatic carbocycles. The smallest absolute Gasteiger partial charge is 0.271 e. The van der Waals surface area contributed by atoms with Gasteiger partial charge in [0, 0.05) is 26.5 Å². The minimum absolute atomic E-state index is 0.0416. The molecule has 4 aliphatic rings. The second-order valence-electron chi connectivity index (χ2n) is 7.81. The van der Waals surface area contributed by atoms with Crippen molar-refractivity contribution < 1.29 is 9.90 Å². The van der Waals surface area contributed by atoms with Gasteiger partial charge in [-0.25, -0.2) is 15.0 Å². The van der Waals surface area contributed by atoms with Crippen LogP contribution in [0.1, 0.15) is 42.5 Å². The summed E-state index contributed by atoms with van der Waals surface area (Å²) in [6, 6.07) is 0.175. The van der Waals surface area contributed by atoms with E-state index < -0.39 is 5.60 Å². The van der Waals surface area contributed by atoms with E-state index in [1.807, 2.05) is 24.1 Å². The van der Waals surface area contributed by atoms with Gasteiger partial charge in [-0.2, -0.15) is 0 Å². The third-order valence-corrected chi connectivity index (χ3v) is 5.92. The van der Waals surface area contributed by atoms with Gasteiger partial charge < -0.3 is 5.11 Å². The summed E-state index contributed by atoms with van der Waals surface area (Å²) in [6.07, 6.45) is 9.47. The SMILES string of the molecule is CN(C)N(C(=O)c1cncnc1)C1C2CC3CC1CC(O)(C3)C2. The standard InChI is InChI=1S/C17H24N4O2/c1-20(2)21(16(22)14-8-18-10-19-9-14)15-12-3-11-4-13(15)7-17(23,5-11)6-12/h8-13,15,23H,3-7H2,1-2H3. The lowest BCUT2D eigenvalue weighted by Crippen LogP contribution is -2.64. The lowest BCUT2D eigenvalue weighted by atomic mass is 9.52. The van der Waals surface area contributed by atoms with E-state index in [0.29, 0.717) is 23.3 Å². The molecule has 1 N–H and O–H groups in total. The maximum atomic E-state index is 13.0. The van der Waals surface area contributed by atoms with E-state index in [9.17, 15) is 9.90 Å². The lowest BCUT2D eigenvalue weighted by molar-refractivity contribution is -0.176. The number of amides is 1. The van der Waals surface area contributed by atoms with Crippen LogP contribution in [0.2, 0.25) is 0 Å². The van der Waals surface area contributed by atoms with Crippen molar-refractivity contribution in [3.63, 3.8) is 0 Å². The van der Waals surface area contributed by atoms with Crippen LogP contribution in [0.4, 0.5) is 0 Å². The van der Waals surface area contributed by atoms with Crippen LogP contribution in [0.3, 0.4) is 0 Å². The van der Waals surface area contributed by atoms with Crippen LogP contribution in [0, 0.1) is 17.8 Å². The first-order valence-electron chi connectivity index (χ1n) is 8.45. The van der Waals surface area contributed by atoms with Crippen LogP contribution in [-0.4, -0.2) is 56.7 Å². The van der Waals surface area contributed by atoms with Crippen LogP contribution < -0.4 is 0 Å². The van der Waals surface area contributed by atoms with Crippen molar-refractivity contribution in [1.29, 1.82) is 0 Å². The Hall–Kier alpha value is -1.53. The van der Waals surface area contributed by atoms with Crippen LogP contribution in [0.15, 0.2) is 18.7 Å². The van der Waals surface area contributed by atoms with Gasteiger partial charge >= 0.3 is 0 Å². The van der Waals surface area contributed by atoms with Gasteiger partial charge in [0.2, 0.25) is 0 Å². The molecule has 1 heterocycles. The Morgan fingerprint density at radius 2 is 1.78 bits per heavy atom. The third kappa shape index (κ3) is 2.44. The van der Waals surface area contributed by atoms with E-state index in [1.165, 1.54) is 6.33 Å². The van der Waals surface area contributed by atoms with Gasteiger partial charge in [0.05, 0.1) is 17.2 Å². The number of aliphatic hydroxyl groups is 1. The molecule has 6 nitrogen and oxygen atoms in total. The van der Waals surface area contributed by atoms with Gasteiger partial charge in [-0.3, -0.25) is 9.80 Å². The van der Waals surface area contributed by atoms with Gasteiger partial charge in [0.25, 0.3) is 5.91 Å². The van der Waals surface area contributed by atoms with E-state index in [1.54, 1.807) is 12.4 Å². The zero-order valence-electron chi connectivity index (χ0n) is 13.7. The fourth-order valence-corrected chi connectivity index (χ4v) is 5.48. The molecule has 1 aromatic heterocycles. The van der Waals surface area contributed by atoms with Crippen molar-refractivity contribution in [2.24, 2.45) is 17.8 Å². The molecule has 6 heteroatoms. The van der Waals surface area contributed by atoms with Gasteiger partial charge in [-0.15, -0.1) is 0 Å². The fraction of sp³-hybridized carbons (Fsp3) is 0.706. The number of carbonyl (C=O) groups is 1. The molecular formula is C17H24N4O2. The zero-order chi connectivity index (χ0) is 16.2. The van der Waals surface area contributed by atoms with Crippen LogP contribution >= 0.6 is 0 Å². The molecule has 1 amide bonds. The topological polar surface area (TPSA) is 69.6 Å². The number of hydrazine groups is 1. The van der Waals surface area contributed by atoms with E-state index in [0.717, 1.165) is 32.1 Å². The summed E-state index contributed by atoms with van der Waals surface area (Å²) in [4.78, 5) is 21.0. The average molecular weight is 316 g/mol. The number of hydrogen-bond donors (Lipinski definition) is 1. The number of rotatable bonds is 3. The molecule has 5 rings (SSSR count). The van der Waals surface area contributed by atoms with E-state index >= 15 is 0 Å². The largest absolute Gasteiger partial charge is 0.390 e. The number of carbonyl (C=O) groups excluding carboxylic acids is 1. The van der Waals surface area contributed by atoms with Gasteiger partial charge in [0.15, 0.2) is 0 Å². The average Bonchev–Trinajstić information content (AvgIpc) is 2.49. The summed E-state index contributed by atoms with van der Waals surface area (Å²) < 4.78 is 0. The maximum Gasteiger partial charge on any atom is 0.271 e. The van der Waals surface area contributed by atoms with Gasteiger partial charge in [0.1, 0.15) is 6.33 Å². The highest BCUT2D eigenvalue weighted by molar-refractivity contribution is 5.93. The number of aromatic nitrogens is 2. The van der Waals surface area contributed by atoms with Gasteiger partial charge in [-0.1, -0.05) is 0 Å². The van der Waals surface area contributed by atoms with Crippen molar-refractivity contribution >= 4 is 5.91 Å². The molecule has 0 aromatic carbocycles. The maximum absolute atomic E-state index is 13.0. The summed E-state index contributed by atoms with van der Waals surface area (Å²) in [5, 5.41) is 14.5. The zero-order valence-corrected chi connectivity index (χ0v) is 13.7. The van der Waals surface area contributed by atoms with Crippen molar-refractivity contribution in [3.8, 4) is 0 Å². The molecule has 4 bridgehead atoms. The molecule has 0 aliphatic heterocycles. The molecule has 2 atom stereocenters. The van der Waals surface area contributed by atoms with E-state index in [-0.39, 0.29) is 11.9 Å². The van der Waals surface area contributed by atoms with Crippen LogP contribution in [0.5, 0.6) is 0 Å². The summed E-state index contributed by atoms with van der Waals surface area (Å²) in [5.74, 6) is 1.37. The molecular weight excluding hydrogens is 292 g/mol. The monoisotopic (exact) mass is 316 g/mol. The van der Waals surface area contributed by atoms with Crippen molar-refractivity contribution in [1.82, 2.24) is 20.0 Å². The summed E-state index contributed by atoms with van der Waals surface area (Å²) in [5.41, 5.74) is 0.0397. The van der Waals surface area contributed by atoms with E-state index in [2.05, 4.69) is 9.97 Å². The Balaban J connectivity index is 1.65. The highest BCUT2D eigenvalue weighted by Gasteiger charge is 2.57. The first kappa shape index (κ1) is 15.0. The summed E-state index contributed by atoms with van der Waals surface area (Å²) in [6.45, 7) is 0. The van der Waals surface area contributed by atoms with E-state index in [4.69, 9.17) is 0 Å². The van der Waals surface area contributed by atoms with Gasteiger partial charge in [-0.05, 0) is 49.9 Å². The third-order valence-electron chi connectivity index (χ3n) is 5.92. The minimum atomic E-state index is -0.482. The number of nitrogens with zero attached hydrogens (tertiary/aromatic N) is 4. The molecule has 2 unspecified atom stereocenters. The fourth-order valence-electron chi connectivity index (χ4n) is 5.48. The summed E-state index contributed by atoms with van der Waals surface area (Å²) in [7, 11) is 3.84. The van der Waals surface area contributed by atoms with Crippen molar-refractivity contribution in [2.45, 2.75) is 43.7 Å². The Morgan fingerprint density at radius 3 is 2.30 bits per heavy atom. The molecule has 4 fully saturated rings. The van der Waals surface area contributed by atoms with Crippen molar-refractivity contribution in [2.75, 3.05) is 14.1 Å². The normalized spacial score (nSPS) is 38.1. The highest BCUT2D eigenvalue weighted by atomic mass is 16.3. The Morgan fingerprint density at radius 1 is 1.17 bits per heavy atom. The molecule has 23 heavy (non-hydrogen) atoms. The van der Waals surface area contributed by atoms with Crippen LogP contribution in [0.25, 0.3) is 0 Å². The molecule has 1 aromatic rings. The Bertz CT molecular complexity index is 590.